The lowest BCUT2D eigenvalue weighted by atomic mass is 9.76. The number of rotatable bonds is 5. The van der Waals surface area contributed by atoms with Gasteiger partial charge in [-0.15, -0.1) is 6.42 Å². The van der Waals surface area contributed by atoms with E-state index in [0.717, 1.165) is 45.1 Å². The minimum Gasteiger partial charge on any atom is -0.508 e. The zero-order valence-electron chi connectivity index (χ0n) is 24.8. The molecule has 2 saturated heterocycles. The number of ether oxygens (including phenoxy) is 1. The molecule has 3 aliphatic rings. The number of piperidine rings is 2. The summed E-state index contributed by atoms with van der Waals surface area (Å²) in [6.07, 6.45) is 12.1. The molecule has 1 aromatic heterocycles. The molecule has 7 nitrogen and oxygen atoms in total. The number of aliphatic hydroxyl groups is 1. The van der Waals surface area contributed by atoms with E-state index in [-0.39, 0.29) is 39.4 Å². The Kier molecular flexibility index (Phi) is 7.30. The van der Waals surface area contributed by atoms with Crippen LogP contribution in [0.2, 0.25) is 0 Å². The van der Waals surface area contributed by atoms with Crippen LogP contribution < -0.4 is 9.64 Å². The van der Waals surface area contributed by atoms with E-state index < -0.39 is 17.7 Å². The van der Waals surface area contributed by atoms with Crippen LogP contribution in [0.25, 0.3) is 32.8 Å². The Morgan fingerprint density at radius 2 is 1.89 bits per heavy atom. The third kappa shape index (κ3) is 4.81. The zero-order valence-corrected chi connectivity index (χ0v) is 24.8. The maximum absolute atomic E-state index is 16.8. The van der Waals surface area contributed by atoms with Crippen LogP contribution in [0.15, 0.2) is 36.4 Å². The first-order chi connectivity index (χ1) is 21.3. The number of nitrogens with zero attached hydrogens (tertiary/aromatic N) is 4. The predicted octanol–water partition coefficient (Wildman–Crippen LogP) is 6.02. The first-order valence-corrected chi connectivity index (χ1v) is 15.5. The van der Waals surface area contributed by atoms with Crippen LogP contribution in [-0.4, -0.2) is 70.5 Å². The molecule has 2 N–H and O–H groups in total. The van der Waals surface area contributed by atoms with Crippen molar-refractivity contribution in [3.05, 3.63) is 53.6 Å². The minimum atomic E-state index is -0.651. The number of β-amino-alcohol motifs (C(OH)–C–C–N with tert-alkyl or cyclic N) is 1. The van der Waals surface area contributed by atoms with Crippen molar-refractivity contribution < 1.29 is 23.7 Å². The van der Waals surface area contributed by atoms with Crippen molar-refractivity contribution in [2.24, 2.45) is 5.41 Å². The average molecular weight is 599 g/mol. The first kappa shape index (κ1) is 28.8. The molecular weight excluding hydrogens is 562 g/mol. The molecular formula is C35H36F2N4O3. The Labute approximate surface area is 255 Å². The van der Waals surface area contributed by atoms with E-state index in [0.29, 0.717) is 54.1 Å². The van der Waals surface area contributed by atoms with Gasteiger partial charge in [-0.25, -0.2) is 8.78 Å². The summed E-state index contributed by atoms with van der Waals surface area (Å²) in [5, 5.41) is 22.3. The molecule has 0 bridgehead atoms. The maximum atomic E-state index is 16.8. The fraction of sp³-hybridized carbons (Fsp3) is 0.429. The van der Waals surface area contributed by atoms with Crippen LogP contribution in [0.3, 0.4) is 0 Å². The van der Waals surface area contributed by atoms with Crippen molar-refractivity contribution in [2.45, 2.75) is 57.1 Å². The fourth-order valence-corrected chi connectivity index (χ4v) is 7.95. The van der Waals surface area contributed by atoms with Gasteiger partial charge in [-0.3, -0.25) is 0 Å². The lowest BCUT2D eigenvalue weighted by Gasteiger charge is -2.44. The number of phenols is 1. The molecule has 7 rings (SSSR count). The minimum absolute atomic E-state index is 0.00334. The molecule has 3 aromatic carbocycles. The van der Waals surface area contributed by atoms with E-state index in [1.165, 1.54) is 24.3 Å². The Morgan fingerprint density at radius 3 is 2.70 bits per heavy atom. The smallest absolute Gasteiger partial charge is 0.319 e. The van der Waals surface area contributed by atoms with Crippen molar-refractivity contribution in [3.8, 4) is 35.2 Å². The molecule has 3 fully saturated rings. The van der Waals surface area contributed by atoms with Crippen molar-refractivity contribution >= 4 is 27.5 Å². The highest BCUT2D eigenvalue weighted by atomic mass is 19.1. The second-order valence-electron chi connectivity index (χ2n) is 12.7. The number of anilines is 1. The first-order valence-electron chi connectivity index (χ1n) is 15.5. The summed E-state index contributed by atoms with van der Waals surface area (Å²) < 4.78 is 38.0. The molecule has 2 unspecified atom stereocenters. The maximum Gasteiger partial charge on any atom is 0.319 e. The van der Waals surface area contributed by atoms with E-state index in [4.69, 9.17) is 16.1 Å². The molecule has 9 heteroatoms. The molecule has 3 heterocycles. The van der Waals surface area contributed by atoms with Gasteiger partial charge in [0.1, 0.15) is 22.9 Å². The highest BCUT2D eigenvalue weighted by Crippen LogP contribution is 2.47. The number of halogens is 2. The third-order valence-electron chi connectivity index (χ3n) is 10.0. The van der Waals surface area contributed by atoms with Crippen molar-refractivity contribution in [1.29, 1.82) is 0 Å². The summed E-state index contributed by atoms with van der Waals surface area (Å²) in [5.74, 6) is 1.56. The Morgan fingerprint density at radius 1 is 1.05 bits per heavy atom. The molecule has 1 saturated carbocycles. The largest absolute Gasteiger partial charge is 0.508 e. The van der Waals surface area contributed by atoms with Crippen LogP contribution in [-0.2, 0) is 0 Å². The zero-order chi connectivity index (χ0) is 30.6. The van der Waals surface area contributed by atoms with Crippen LogP contribution in [0.4, 0.5) is 14.6 Å². The number of aromatic hydroxyl groups is 1. The summed E-state index contributed by atoms with van der Waals surface area (Å²) in [4.78, 5) is 13.8. The van der Waals surface area contributed by atoms with Crippen LogP contribution in [0.5, 0.6) is 11.8 Å². The number of hydrogen-bond acceptors (Lipinski definition) is 7. The molecule has 4 aromatic rings. The topological polar surface area (TPSA) is 82.0 Å². The van der Waals surface area contributed by atoms with E-state index in [1.54, 1.807) is 12.1 Å². The highest BCUT2D eigenvalue weighted by molar-refractivity contribution is 6.04. The van der Waals surface area contributed by atoms with E-state index in [9.17, 15) is 14.6 Å². The summed E-state index contributed by atoms with van der Waals surface area (Å²) in [7, 11) is 2.18. The summed E-state index contributed by atoms with van der Waals surface area (Å²) in [6.45, 7) is 2.54. The lowest BCUT2D eigenvalue weighted by molar-refractivity contribution is 0.0133. The van der Waals surface area contributed by atoms with Crippen molar-refractivity contribution in [3.63, 3.8) is 0 Å². The van der Waals surface area contributed by atoms with Gasteiger partial charge < -0.3 is 24.7 Å². The molecule has 1 aliphatic carbocycles. The van der Waals surface area contributed by atoms with Crippen molar-refractivity contribution in [1.82, 2.24) is 14.9 Å². The lowest BCUT2D eigenvalue weighted by Crippen LogP contribution is -2.50. The number of aromatic nitrogens is 2. The Bertz CT molecular complexity index is 1810. The van der Waals surface area contributed by atoms with E-state index in [1.807, 2.05) is 4.90 Å². The van der Waals surface area contributed by atoms with Crippen LogP contribution in [0, 0.1) is 29.4 Å². The SMILES string of the molecule is C#Cc1c(F)ccc2cc(O)cc(-c3ccc4c(N5CCC[C@@H](O)C5)nc(OCC56CCCC5N(C)CCC6)nc4c3F)c12. The second kappa shape index (κ2) is 11.2. The van der Waals surface area contributed by atoms with Gasteiger partial charge in [0.05, 0.1) is 18.3 Å². The van der Waals surface area contributed by atoms with Gasteiger partial charge in [0.2, 0.25) is 0 Å². The molecule has 44 heavy (non-hydrogen) atoms. The van der Waals surface area contributed by atoms with Gasteiger partial charge >= 0.3 is 6.01 Å². The van der Waals surface area contributed by atoms with Crippen LogP contribution in [0.1, 0.15) is 50.5 Å². The summed E-state index contributed by atoms with van der Waals surface area (Å²) >= 11 is 0. The second-order valence-corrected chi connectivity index (χ2v) is 12.7. The number of phenolic OH excluding ortho intramolecular Hbond substituents is 1. The van der Waals surface area contributed by atoms with Gasteiger partial charge in [0.15, 0.2) is 5.82 Å². The number of hydrogen-bond donors (Lipinski definition) is 2. The molecule has 3 atom stereocenters. The van der Waals surface area contributed by atoms with Gasteiger partial charge in [-0.05, 0) is 87.3 Å². The van der Waals surface area contributed by atoms with Gasteiger partial charge in [-0.2, -0.15) is 9.97 Å². The predicted molar refractivity (Wildman–Crippen MR) is 167 cm³/mol. The van der Waals surface area contributed by atoms with Gasteiger partial charge in [-0.1, -0.05) is 24.5 Å². The summed E-state index contributed by atoms with van der Waals surface area (Å²) in [5.41, 5.74) is 0.441. The number of fused-ring (bicyclic) bond motifs is 3. The van der Waals surface area contributed by atoms with Crippen molar-refractivity contribution in [2.75, 3.05) is 38.2 Å². The Balaban J connectivity index is 1.37. The molecule has 228 valence electrons. The van der Waals surface area contributed by atoms with Gasteiger partial charge in [0.25, 0.3) is 0 Å². The average Bonchev–Trinajstić information content (AvgIpc) is 3.46. The number of likely N-dealkylation sites (tertiary alicyclic amines) is 1. The monoisotopic (exact) mass is 598 g/mol. The van der Waals surface area contributed by atoms with Crippen LogP contribution >= 0.6 is 0 Å². The van der Waals surface area contributed by atoms with E-state index in [2.05, 4.69) is 22.9 Å². The summed E-state index contributed by atoms with van der Waals surface area (Å²) in [6, 6.07) is 9.48. The number of benzene rings is 3. The highest BCUT2D eigenvalue weighted by Gasteiger charge is 2.47. The molecule has 2 aliphatic heterocycles. The molecule has 0 spiro atoms. The quantitative estimate of drug-likeness (QED) is 0.272. The molecule has 0 amide bonds. The third-order valence-corrected chi connectivity index (χ3v) is 10.0. The normalized spacial score (nSPS) is 24.0. The Hall–Kier alpha value is -4.00. The number of terminal acetylenes is 1. The fourth-order valence-electron chi connectivity index (χ4n) is 7.95. The molecule has 0 radical (unpaired) electrons. The van der Waals surface area contributed by atoms with E-state index >= 15 is 4.39 Å². The van der Waals surface area contributed by atoms with Gasteiger partial charge in [0, 0.05) is 40.9 Å². The number of aliphatic hydroxyl groups excluding tert-OH is 1. The standard InChI is InChI=1S/C35H36F2N4O3/c1-3-24-28(36)12-9-21-17-23(43)18-27(30(21)24)25-10-11-26-32(31(25)37)38-34(39-33(26)41-16-5-7-22(42)19-41)44-20-35-13-4-8-29(35)40(2)15-6-14-35/h1,9-12,17-18,22,29,42-43H,4-8,13-16,19-20H2,2H3/t22-,29?,35?/m1/s1.